The minimum absolute atomic E-state index is 0.109. The minimum Gasteiger partial charge on any atom is -0.215 e. The monoisotopic (exact) mass is 740 g/mol. The van der Waals surface area contributed by atoms with Crippen LogP contribution in [0.1, 0.15) is 110 Å². The average Bonchev–Trinajstić information content (AvgIpc) is 2.99. The first-order valence-corrected chi connectivity index (χ1v) is 21.6. The molecule has 47 heavy (non-hydrogen) atoms. The van der Waals surface area contributed by atoms with Gasteiger partial charge in [-0.1, -0.05) is 25.7 Å². The van der Waals surface area contributed by atoms with Crippen molar-refractivity contribution in [2.24, 2.45) is 0 Å². The third kappa shape index (κ3) is 14.3. The second-order valence-corrected chi connectivity index (χ2v) is 19.4. The predicted octanol–water partition coefficient (Wildman–Crippen LogP) is 2.04. The van der Waals surface area contributed by atoms with Crippen molar-refractivity contribution in [1.29, 1.82) is 21.0 Å². The summed E-state index contributed by atoms with van der Waals surface area (Å²) < 4.78 is 116. The van der Waals surface area contributed by atoms with Gasteiger partial charge in [0, 0.05) is 51.9 Å². The van der Waals surface area contributed by atoms with Crippen LogP contribution in [0.4, 0.5) is 0 Å². The van der Waals surface area contributed by atoms with Gasteiger partial charge >= 0.3 is 3.41 Å². The molecule has 0 amide bonds. The van der Waals surface area contributed by atoms with E-state index in [2.05, 4.69) is 4.72 Å². The first-order valence-electron chi connectivity index (χ1n) is 15.6. The zero-order chi connectivity index (χ0) is 35.9. The fourth-order valence-electron chi connectivity index (χ4n) is 4.56. The maximum absolute atomic E-state index is 14.1. The third-order valence-corrected chi connectivity index (χ3v) is 18.5. The van der Waals surface area contributed by atoms with Crippen LogP contribution < -0.4 is 18.9 Å². The van der Waals surface area contributed by atoms with E-state index in [9.17, 15) is 33.7 Å². The van der Waals surface area contributed by atoms with E-state index in [-0.39, 0.29) is 57.9 Å². The van der Waals surface area contributed by atoms with Crippen molar-refractivity contribution in [3.05, 3.63) is 0 Å². The highest BCUT2D eigenvalue weighted by molar-refractivity contribution is 8.25. The van der Waals surface area contributed by atoms with Gasteiger partial charge in [0.15, 0.2) is 0 Å². The molecule has 268 valence electrons. The van der Waals surface area contributed by atoms with Crippen molar-refractivity contribution in [3.63, 3.8) is 0 Å². The summed E-state index contributed by atoms with van der Waals surface area (Å²) in [7, 11) is -21.7. The van der Waals surface area contributed by atoms with Crippen molar-refractivity contribution in [2.75, 3.05) is 26.2 Å². The fraction of sp³-hybridized carbons (Fsp3) is 0.852. The van der Waals surface area contributed by atoms with Crippen LogP contribution in [0.3, 0.4) is 0 Å². The van der Waals surface area contributed by atoms with Crippen LogP contribution in [0, 0.1) is 45.3 Å². The number of hydrogen-bond acceptors (Lipinski definition) is 12. The number of nitrogens with zero attached hydrogens (tertiary/aromatic N) is 4. The fourth-order valence-corrected chi connectivity index (χ4v) is 15.6. The quantitative estimate of drug-likeness (QED) is 0.0802. The van der Waals surface area contributed by atoms with Crippen LogP contribution in [0.25, 0.3) is 0 Å². The van der Waals surface area contributed by atoms with Crippen LogP contribution in [0.2, 0.25) is 0 Å². The molecule has 20 heteroatoms. The minimum atomic E-state index is -5.58. The Hall–Kier alpha value is -2.40. The van der Waals surface area contributed by atoms with Crippen LogP contribution in [-0.4, -0.2) is 68.5 Å². The Morgan fingerprint density at radius 2 is 0.702 bits per heavy atom. The van der Waals surface area contributed by atoms with Crippen molar-refractivity contribution >= 4 is 40.1 Å². The van der Waals surface area contributed by atoms with Crippen LogP contribution in [0.15, 0.2) is 0 Å². The second kappa shape index (κ2) is 23.0. The molecule has 0 fully saturated rings. The summed E-state index contributed by atoms with van der Waals surface area (Å²) >= 11 is 0. The molecule has 0 aromatic rings. The number of nitrogens with one attached hydrogen (secondary N) is 4. The number of sulfonamides is 4. The Morgan fingerprint density at radius 3 is 0.957 bits per heavy atom. The molecule has 0 aliphatic rings. The molecule has 0 spiro atoms. The lowest BCUT2D eigenvalue weighted by Gasteiger charge is -2.36. The molecule has 0 aliphatic heterocycles. The third-order valence-electron chi connectivity index (χ3n) is 7.13. The van der Waals surface area contributed by atoms with Gasteiger partial charge in [0.05, 0.1) is 24.3 Å². The molecule has 0 aromatic carbocycles. The molecule has 0 aliphatic carbocycles. The van der Waals surface area contributed by atoms with E-state index in [1.54, 1.807) is 0 Å². The number of nitriles is 4. The lowest BCUT2D eigenvalue weighted by atomic mass is 10.2. The highest BCUT2D eigenvalue weighted by Gasteiger charge is 2.71. The van der Waals surface area contributed by atoms with Gasteiger partial charge in [0.25, 0.3) is 30.1 Å². The number of rotatable bonds is 29. The molecule has 4 N–H and O–H groups in total. The predicted molar refractivity (Wildman–Crippen MR) is 176 cm³/mol. The molecule has 16 nitrogen and oxygen atoms in total. The topological polar surface area (TPSA) is 280 Å². The maximum Gasteiger partial charge on any atom is 0.330 e. The summed E-state index contributed by atoms with van der Waals surface area (Å²) in [4.78, 5) is 0. The summed E-state index contributed by atoms with van der Waals surface area (Å²) in [6.07, 6.45) is 4.51. The van der Waals surface area contributed by atoms with Crippen LogP contribution >= 0.6 is 0 Å². The first-order chi connectivity index (χ1) is 22.1. The van der Waals surface area contributed by atoms with E-state index in [1.165, 1.54) is 0 Å². The molecule has 0 saturated heterocycles. The Balaban J connectivity index is 6.91. The van der Waals surface area contributed by atoms with Gasteiger partial charge in [-0.2, -0.15) is 21.0 Å². The lowest BCUT2D eigenvalue weighted by Crippen LogP contribution is -2.70. The average molecular weight is 741 g/mol. The van der Waals surface area contributed by atoms with Crippen LogP contribution in [0.5, 0.6) is 0 Å². The smallest absolute Gasteiger partial charge is 0.215 e. The highest BCUT2D eigenvalue weighted by Crippen LogP contribution is 2.37. The standard InChI is InChI=1S/C27H48N8O8S4/c1-26(44(36,37)32-22-14-6-2-10-18-28)27(45(38,39)33-23-15-7-3-11-19-29,46(40,41)34-24-16-8-4-12-20-30)47(42,43)35-25-17-9-5-13-21-31/h26,32-35H,2-17,22-25H2,1H3. The molecule has 0 saturated carbocycles. The number of unbranched alkanes of at least 4 members (excludes halogenated alkanes) is 12. The SMILES string of the molecule is CC(C(S(=O)(=O)NCCCCCC#N)(S(=O)(=O)NCCCCCC#N)S(=O)(=O)NCCCCCC#N)S(=O)(=O)NCCCCCC#N. The highest BCUT2D eigenvalue weighted by atomic mass is 32.3. The summed E-state index contributed by atoms with van der Waals surface area (Å²) in [6, 6.07) is 7.77. The van der Waals surface area contributed by atoms with Gasteiger partial charge in [-0.25, -0.2) is 52.6 Å². The normalized spacial score (nSPS) is 13.2. The Kier molecular flexibility index (Phi) is 21.9. The first kappa shape index (κ1) is 44.6. The van der Waals surface area contributed by atoms with Gasteiger partial charge in [0.2, 0.25) is 10.0 Å². The molecule has 1 unspecified atom stereocenters. The van der Waals surface area contributed by atoms with Gasteiger partial charge in [-0.3, -0.25) is 0 Å². The maximum atomic E-state index is 14.1. The Morgan fingerprint density at radius 1 is 0.447 bits per heavy atom. The molecule has 0 radical (unpaired) electrons. The molecule has 0 aromatic heterocycles. The summed E-state index contributed by atoms with van der Waals surface area (Å²) in [5, 5.41) is 32.3. The number of hydrogen-bond donors (Lipinski definition) is 4. The molecule has 0 bridgehead atoms. The zero-order valence-corrected chi connectivity index (χ0v) is 30.2. The van der Waals surface area contributed by atoms with Crippen molar-refractivity contribution < 1.29 is 33.7 Å². The van der Waals surface area contributed by atoms with E-state index < -0.39 is 68.4 Å². The molecular formula is C27H48N8O8S4. The van der Waals surface area contributed by atoms with Crippen molar-refractivity contribution in [1.82, 2.24) is 18.9 Å². The van der Waals surface area contributed by atoms with Gasteiger partial charge < -0.3 is 0 Å². The van der Waals surface area contributed by atoms with Gasteiger partial charge in [-0.15, -0.1) is 0 Å². The molecule has 0 rings (SSSR count). The Bertz CT molecular complexity index is 1400. The second-order valence-electron chi connectivity index (χ2n) is 10.8. The van der Waals surface area contributed by atoms with E-state index in [1.807, 2.05) is 38.4 Å². The van der Waals surface area contributed by atoms with Gasteiger partial charge in [0.1, 0.15) is 5.25 Å². The van der Waals surface area contributed by atoms with E-state index in [0.717, 1.165) is 0 Å². The van der Waals surface area contributed by atoms with Crippen molar-refractivity contribution in [3.8, 4) is 24.3 Å². The summed E-state index contributed by atoms with van der Waals surface area (Å²) in [6.45, 7) is -0.840. The zero-order valence-electron chi connectivity index (χ0n) is 26.9. The molecule has 1 atom stereocenters. The largest absolute Gasteiger partial charge is 0.330 e. The van der Waals surface area contributed by atoms with Gasteiger partial charge in [-0.05, 0) is 58.3 Å². The molecular weight excluding hydrogens is 693 g/mol. The molecule has 0 heterocycles. The van der Waals surface area contributed by atoms with E-state index >= 15 is 0 Å². The lowest BCUT2D eigenvalue weighted by molar-refractivity contribution is 0.510. The van der Waals surface area contributed by atoms with Crippen molar-refractivity contribution in [2.45, 2.75) is 118 Å². The summed E-state index contributed by atoms with van der Waals surface area (Å²) in [5.74, 6) is 0. The summed E-state index contributed by atoms with van der Waals surface area (Å²) in [5.41, 5.74) is 0. The van der Waals surface area contributed by atoms with E-state index in [4.69, 9.17) is 21.0 Å². The van der Waals surface area contributed by atoms with Crippen LogP contribution in [-0.2, 0) is 40.1 Å². The Labute approximate surface area is 281 Å². The van der Waals surface area contributed by atoms with E-state index in [0.29, 0.717) is 58.3 Å².